The highest BCUT2D eigenvalue weighted by atomic mass is 16.5. The zero-order valence-corrected chi connectivity index (χ0v) is 10.5. The molecule has 0 aromatic rings. The lowest BCUT2D eigenvalue weighted by Crippen LogP contribution is -2.38. The second-order valence-corrected chi connectivity index (χ2v) is 5.23. The Labute approximate surface area is 102 Å². The molecule has 94 valence electrons. The first kappa shape index (κ1) is 12.3. The number of methoxy groups -OCH3 is 1. The Morgan fingerprint density at radius 1 is 1.35 bits per heavy atom. The number of Topliss-reactive ketones (excluding diaryl/α,β-unsaturated/α-hetero) is 1. The molecule has 2 aliphatic carbocycles. The van der Waals surface area contributed by atoms with Crippen LogP contribution in [-0.4, -0.2) is 18.9 Å². The summed E-state index contributed by atoms with van der Waals surface area (Å²) in [5.74, 6) is 0.451. The van der Waals surface area contributed by atoms with Crippen LogP contribution in [0.15, 0.2) is 12.2 Å². The molecule has 0 aromatic carbocycles. The Balaban J connectivity index is 2.30. The van der Waals surface area contributed by atoms with Crippen LogP contribution >= 0.6 is 0 Å². The van der Waals surface area contributed by atoms with E-state index in [0.717, 1.165) is 37.7 Å². The van der Waals surface area contributed by atoms with Gasteiger partial charge in [0.15, 0.2) is 0 Å². The number of fused-ring (bicyclic) bond motifs is 1. The lowest BCUT2D eigenvalue weighted by atomic mass is 9.68. The first-order chi connectivity index (χ1) is 8.11. The topological polar surface area (TPSA) is 43.4 Å². The molecule has 0 amide bonds. The molecule has 0 N–H and O–H groups in total. The van der Waals surface area contributed by atoms with Gasteiger partial charge in [0.1, 0.15) is 5.78 Å². The van der Waals surface area contributed by atoms with Crippen molar-refractivity contribution in [1.82, 2.24) is 0 Å². The molecule has 2 aliphatic rings. The van der Waals surface area contributed by atoms with Crippen LogP contribution in [0.25, 0.3) is 0 Å². The van der Waals surface area contributed by atoms with Crippen molar-refractivity contribution < 1.29 is 14.3 Å². The predicted octanol–water partition coefficient (Wildman–Crippen LogP) is 2.65. The minimum Gasteiger partial charge on any atom is -0.468 e. The third-order valence-corrected chi connectivity index (χ3v) is 4.47. The van der Waals surface area contributed by atoms with Gasteiger partial charge in [0.2, 0.25) is 0 Å². The Morgan fingerprint density at radius 2 is 2.06 bits per heavy atom. The third kappa shape index (κ3) is 1.92. The van der Waals surface area contributed by atoms with Crippen LogP contribution in [0.5, 0.6) is 0 Å². The molecule has 17 heavy (non-hydrogen) atoms. The molecule has 0 unspecified atom stereocenters. The van der Waals surface area contributed by atoms with E-state index in [0.29, 0.717) is 18.6 Å². The maximum atomic E-state index is 12.2. The van der Waals surface area contributed by atoms with Crippen molar-refractivity contribution in [3.63, 3.8) is 0 Å². The normalized spacial score (nSPS) is 33.8. The summed E-state index contributed by atoms with van der Waals surface area (Å²) in [6.45, 7) is 4.09. The number of rotatable bonds is 1. The zero-order valence-electron chi connectivity index (χ0n) is 10.5. The lowest BCUT2D eigenvalue weighted by Gasteiger charge is -2.35. The van der Waals surface area contributed by atoms with E-state index in [4.69, 9.17) is 4.74 Å². The molecule has 0 saturated heterocycles. The van der Waals surface area contributed by atoms with Crippen molar-refractivity contribution in [2.75, 3.05) is 7.11 Å². The number of ketones is 1. The molecule has 3 heteroatoms. The highest BCUT2D eigenvalue weighted by molar-refractivity contribution is 5.83. The van der Waals surface area contributed by atoms with Gasteiger partial charge < -0.3 is 4.74 Å². The van der Waals surface area contributed by atoms with Crippen LogP contribution in [0.2, 0.25) is 0 Å². The van der Waals surface area contributed by atoms with Gasteiger partial charge in [-0.3, -0.25) is 9.59 Å². The van der Waals surface area contributed by atoms with Crippen molar-refractivity contribution in [1.29, 1.82) is 0 Å². The first-order valence-electron chi connectivity index (χ1n) is 6.39. The number of hydrogen-bond acceptors (Lipinski definition) is 3. The van der Waals surface area contributed by atoms with E-state index in [1.807, 2.05) is 0 Å². The lowest BCUT2D eigenvalue weighted by molar-refractivity contribution is -0.154. The van der Waals surface area contributed by atoms with Gasteiger partial charge in [-0.25, -0.2) is 0 Å². The molecule has 0 aliphatic heterocycles. The van der Waals surface area contributed by atoms with E-state index in [9.17, 15) is 9.59 Å². The fraction of sp³-hybridized carbons (Fsp3) is 0.714. The Morgan fingerprint density at radius 3 is 2.76 bits per heavy atom. The summed E-state index contributed by atoms with van der Waals surface area (Å²) in [5.41, 5.74) is 0.527. The van der Waals surface area contributed by atoms with Crippen LogP contribution in [0.1, 0.15) is 44.9 Å². The minimum absolute atomic E-state index is 0.139. The molecule has 0 aromatic heterocycles. The fourth-order valence-corrected chi connectivity index (χ4v) is 3.50. The third-order valence-electron chi connectivity index (χ3n) is 4.47. The van der Waals surface area contributed by atoms with Crippen molar-refractivity contribution in [2.45, 2.75) is 44.9 Å². The highest BCUT2D eigenvalue weighted by Gasteiger charge is 2.52. The average molecular weight is 236 g/mol. The fourth-order valence-electron chi connectivity index (χ4n) is 3.50. The van der Waals surface area contributed by atoms with Gasteiger partial charge in [0, 0.05) is 12.8 Å². The summed E-state index contributed by atoms with van der Waals surface area (Å²) in [6.07, 6.45) is 5.40. The molecule has 2 saturated carbocycles. The first-order valence-corrected chi connectivity index (χ1v) is 6.39. The molecule has 0 bridgehead atoms. The van der Waals surface area contributed by atoms with Gasteiger partial charge >= 0.3 is 5.97 Å². The number of esters is 1. The van der Waals surface area contributed by atoms with E-state index >= 15 is 0 Å². The summed E-state index contributed by atoms with van der Waals surface area (Å²) in [4.78, 5) is 23.7. The summed E-state index contributed by atoms with van der Waals surface area (Å²) in [6, 6.07) is 0. The van der Waals surface area contributed by atoms with Crippen molar-refractivity contribution in [2.24, 2.45) is 11.3 Å². The van der Waals surface area contributed by atoms with Crippen molar-refractivity contribution >= 4 is 11.8 Å². The molecule has 0 heterocycles. The molecule has 3 nitrogen and oxygen atoms in total. The van der Waals surface area contributed by atoms with Gasteiger partial charge in [0.05, 0.1) is 12.5 Å². The van der Waals surface area contributed by atoms with Gasteiger partial charge in [-0.2, -0.15) is 0 Å². The van der Waals surface area contributed by atoms with E-state index in [1.54, 1.807) is 0 Å². The minimum atomic E-state index is -0.491. The number of hydrogen-bond donors (Lipinski definition) is 0. The molecule has 2 rings (SSSR count). The largest absolute Gasteiger partial charge is 0.468 e. The monoisotopic (exact) mass is 236 g/mol. The maximum Gasteiger partial charge on any atom is 0.316 e. The Bertz CT molecular complexity index is 358. The van der Waals surface area contributed by atoms with E-state index < -0.39 is 5.41 Å². The van der Waals surface area contributed by atoms with Crippen LogP contribution in [-0.2, 0) is 14.3 Å². The molecule has 2 atom stereocenters. The Hall–Kier alpha value is -1.12. The van der Waals surface area contributed by atoms with Gasteiger partial charge in [-0.05, 0) is 38.0 Å². The van der Waals surface area contributed by atoms with Crippen LogP contribution in [0.4, 0.5) is 0 Å². The van der Waals surface area contributed by atoms with Crippen molar-refractivity contribution in [3.05, 3.63) is 12.2 Å². The second-order valence-electron chi connectivity index (χ2n) is 5.23. The highest BCUT2D eigenvalue weighted by Crippen LogP contribution is 2.53. The number of carbonyl (C=O) groups excluding carboxylic acids is 2. The van der Waals surface area contributed by atoms with Gasteiger partial charge in [-0.1, -0.05) is 12.2 Å². The molecule has 2 fully saturated rings. The molecule has 0 radical (unpaired) electrons. The van der Waals surface area contributed by atoms with E-state index in [2.05, 4.69) is 6.58 Å². The second kappa shape index (κ2) is 4.63. The number of ether oxygens (including phenoxy) is 1. The summed E-state index contributed by atoms with van der Waals surface area (Å²) in [5, 5.41) is 0. The van der Waals surface area contributed by atoms with Crippen LogP contribution in [0, 0.1) is 11.3 Å². The molecular weight excluding hydrogens is 216 g/mol. The Kier molecular flexibility index (Phi) is 3.36. The molecular formula is C14H20O3. The van der Waals surface area contributed by atoms with Gasteiger partial charge in [-0.15, -0.1) is 0 Å². The van der Waals surface area contributed by atoms with Crippen LogP contribution < -0.4 is 0 Å². The summed E-state index contributed by atoms with van der Waals surface area (Å²) >= 11 is 0. The van der Waals surface area contributed by atoms with Crippen LogP contribution in [0.3, 0.4) is 0 Å². The van der Waals surface area contributed by atoms with E-state index in [-0.39, 0.29) is 11.9 Å². The molecule has 0 spiro atoms. The smallest absolute Gasteiger partial charge is 0.316 e. The maximum absolute atomic E-state index is 12.2. The zero-order chi connectivity index (χ0) is 12.5. The quantitative estimate of drug-likeness (QED) is 0.519. The van der Waals surface area contributed by atoms with Gasteiger partial charge in [0.25, 0.3) is 0 Å². The summed E-state index contributed by atoms with van der Waals surface area (Å²) < 4.78 is 5.00. The standard InChI is InChI=1S/C14H20O3/c1-10-5-6-11-7-8-12(15)4-3-9-14(10,11)13(16)17-2/h11H,1,3-9H2,2H3/t11-,14-/m0/s1. The summed E-state index contributed by atoms with van der Waals surface area (Å²) in [7, 11) is 1.45. The van der Waals surface area contributed by atoms with E-state index in [1.165, 1.54) is 7.11 Å². The SMILES string of the molecule is C=C1CC[C@H]2CCC(=O)CCC[C@]12C(=O)OC. The van der Waals surface area contributed by atoms with Crippen molar-refractivity contribution in [3.8, 4) is 0 Å². The predicted molar refractivity (Wildman–Crippen MR) is 64.4 cm³/mol. The number of carbonyl (C=O) groups is 2. The average Bonchev–Trinajstić information content (AvgIpc) is 2.61.